The van der Waals surface area contributed by atoms with Crippen LogP contribution in [0.2, 0.25) is 0 Å². The van der Waals surface area contributed by atoms with Gasteiger partial charge in [0.2, 0.25) is 0 Å². The Labute approximate surface area is 121 Å². The van der Waals surface area contributed by atoms with Crippen molar-refractivity contribution in [1.82, 2.24) is 4.98 Å². The number of benzene rings is 1. The topological polar surface area (TPSA) is 34.1 Å². The maximum atomic E-state index is 5.59. The van der Waals surface area contributed by atoms with Gasteiger partial charge in [-0.15, -0.1) is 0 Å². The molecule has 0 radical (unpaired) electrons. The minimum absolute atomic E-state index is 0.342. The van der Waals surface area contributed by atoms with E-state index in [4.69, 9.17) is 4.74 Å². The molecule has 19 heavy (non-hydrogen) atoms. The summed E-state index contributed by atoms with van der Waals surface area (Å²) in [4.78, 5) is 4.46. The molecule has 0 spiro atoms. The molecule has 3 nitrogen and oxygen atoms in total. The molecule has 2 atom stereocenters. The van der Waals surface area contributed by atoms with Crippen molar-refractivity contribution in [3.05, 3.63) is 34.9 Å². The van der Waals surface area contributed by atoms with Crippen LogP contribution in [-0.4, -0.2) is 24.2 Å². The summed E-state index contributed by atoms with van der Waals surface area (Å²) in [5.41, 5.74) is 0. The maximum Gasteiger partial charge on any atom is 0.133 e. The van der Waals surface area contributed by atoms with Crippen molar-refractivity contribution in [1.29, 1.82) is 0 Å². The highest BCUT2D eigenvalue weighted by Crippen LogP contribution is 2.28. The number of rotatable bonds is 3. The molecule has 100 valence electrons. The maximum absolute atomic E-state index is 5.59. The average molecular weight is 321 g/mol. The normalized spacial score (nSPS) is 22.8. The standard InChI is InChI=1S/C15H17BrN2O/c1-10-11(6-8-19-10)9-18-15-13-3-2-4-14(16)12(13)5-7-17-15/h2-5,7,10-11H,6,8-9H2,1H3,(H,17,18). The minimum Gasteiger partial charge on any atom is -0.378 e. The van der Waals surface area contributed by atoms with E-state index in [1.165, 1.54) is 5.39 Å². The lowest BCUT2D eigenvalue weighted by molar-refractivity contribution is 0.108. The van der Waals surface area contributed by atoms with Crippen LogP contribution in [0.5, 0.6) is 0 Å². The van der Waals surface area contributed by atoms with Crippen LogP contribution in [0.25, 0.3) is 10.8 Å². The lowest BCUT2D eigenvalue weighted by Gasteiger charge is -2.16. The van der Waals surface area contributed by atoms with E-state index >= 15 is 0 Å². The fraction of sp³-hybridized carbons (Fsp3) is 0.400. The number of nitrogens with zero attached hydrogens (tertiary/aromatic N) is 1. The van der Waals surface area contributed by atoms with Crippen molar-refractivity contribution in [3.8, 4) is 0 Å². The van der Waals surface area contributed by atoms with Crippen LogP contribution < -0.4 is 5.32 Å². The van der Waals surface area contributed by atoms with E-state index in [1.807, 2.05) is 18.3 Å². The van der Waals surface area contributed by atoms with E-state index in [1.54, 1.807) is 0 Å². The molecule has 0 amide bonds. The van der Waals surface area contributed by atoms with Crippen molar-refractivity contribution in [2.45, 2.75) is 19.4 Å². The Morgan fingerprint density at radius 1 is 1.37 bits per heavy atom. The molecule has 1 fully saturated rings. The fourth-order valence-corrected chi connectivity index (χ4v) is 3.08. The Hall–Kier alpha value is -1.13. The number of aromatic nitrogens is 1. The van der Waals surface area contributed by atoms with Crippen LogP contribution in [0, 0.1) is 5.92 Å². The molecule has 0 aliphatic carbocycles. The van der Waals surface area contributed by atoms with Crippen LogP contribution in [0.3, 0.4) is 0 Å². The highest BCUT2D eigenvalue weighted by atomic mass is 79.9. The molecule has 1 aromatic carbocycles. The zero-order valence-electron chi connectivity index (χ0n) is 10.9. The van der Waals surface area contributed by atoms with Gasteiger partial charge < -0.3 is 10.1 Å². The first-order chi connectivity index (χ1) is 9.25. The van der Waals surface area contributed by atoms with Gasteiger partial charge in [0.15, 0.2) is 0 Å². The largest absolute Gasteiger partial charge is 0.378 e. The molecule has 3 rings (SSSR count). The number of hydrogen-bond acceptors (Lipinski definition) is 3. The van der Waals surface area contributed by atoms with Crippen molar-refractivity contribution >= 4 is 32.5 Å². The second-order valence-corrected chi connectivity index (χ2v) is 5.85. The van der Waals surface area contributed by atoms with Crippen molar-refractivity contribution in [2.24, 2.45) is 5.92 Å². The Morgan fingerprint density at radius 2 is 2.26 bits per heavy atom. The lowest BCUT2D eigenvalue weighted by atomic mass is 10.0. The zero-order chi connectivity index (χ0) is 13.2. The highest BCUT2D eigenvalue weighted by molar-refractivity contribution is 9.10. The first kappa shape index (κ1) is 12.9. The van der Waals surface area contributed by atoms with Gasteiger partial charge in [0.25, 0.3) is 0 Å². The first-order valence-corrected chi connectivity index (χ1v) is 7.43. The van der Waals surface area contributed by atoms with Gasteiger partial charge in [0.1, 0.15) is 5.82 Å². The van der Waals surface area contributed by atoms with Crippen LogP contribution in [0.4, 0.5) is 5.82 Å². The van der Waals surface area contributed by atoms with E-state index in [0.717, 1.165) is 35.2 Å². The van der Waals surface area contributed by atoms with E-state index in [9.17, 15) is 0 Å². The summed E-state index contributed by atoms with van der Waals surface area (Å²) in [6.07, 6.45) is 3.32. The van der Waals surface area contributed by atoms with Crippen molar-refractivity contribution in [3.63, 3.8) is 0 Å². The third-order valence-electron chi connectivity index (χ3n) is 3.82. The van der Waals surface area contributed by atoms with Crippen molar-refractivity contribution in [2.75, 3.05) is 18.5 Å². The zero-order valence-corrected chi connectivity index (χ0v) is 12.5. The third-order valence-corrected chi connectivity index (χ3v) is 4.51. The van der Waals surface area contributed by atoms with Crippen LogP contribution in [-0.2, 0) is 4.74 Å². The third kappa shape index (κ3) is 2.60. The summed E-state index contributed by atoms with van der Waals surface area (Å²) >= 11 is 3.58. The number of ether oxygens (including phenoxy) is 1. The smallest absolute Gasteiger partial charge is 0.133 e. The fourth-order valence-electron chi connectivity index (χ4n) is 2.58. The molecule has 0 saturated carbocycles. The quantitative estimate of drug-likeness (QED) is 0.933. The number of nitrogens with one attached hydrogen (secondary N) is 1. The molecule has 1 aromatic heterocycles. The van der Waals surface area contributed by atoms with Gasteiger partial charge in [-0.3, -0.25) is 0 Å². The summed E-state index contributed by atoms with van der Waals surface area (Å²) in [6.45, 7) is 3.94. The summed E-state index contributed by atoms with van der Waals surface area (Å²) in [5.74, 6) is 1.53. The van der Waals surface area contributed by atoms with E-state index in [-0.39, 0.29) is 0 Å². The van der Waals surface area contributed by atoms with E-state index < -0.39 is 0 Å². The molecule has 1 saturated heterocycles. The second kappa shape index (κ2) is 5.47. The molecular formula is C15H17BrN2O. The first-order valence-electron chi connectivity index (χ1n) is 6.64. The highest BCUT2D eigenvalue weighted by Gasteiger charge is 2.23. The number of halogens is 1. The molecular weight excluding hydrogens is 304 g/mol. The summed E-state index contributed by atoms with van der Waals surface area (Å²) in [6, 6.07) is 8.23. The van der Waals surface area contributed by atoms with E-state index in [0.29, 0.717) is 12.0 Å². The Morgan fingerprint density at radius 3 is 3.05 bits per heavy atom. The Kier molecular flexibility index (Phi) is 3.71. The molecule has 2 aromatic rings. The van der Waals surface area contributed by atoms with Gasteiger partial charge in [-0.2, -0.15) is 0 Å². The number of pyridine rings is 1. The Bertz CT molecular complexity index is 587. The van der Waals surface area contributed by atoms with Gasteiger partial charge in [0, 0.05) is 40.5 Å². The Balaban J connectivity index is 1.83. The SMILES string of the molecule is CC1OCCC1CNc1nccc2c(Br)cccc12. The van der Waals surface area contributed by atoms with Gasteiger partial charge in [-0.1, -0.05) is 28.1 Å². The van der Waals surface area contributed by atoms with Crippen LogP contribution in [0.15, 0.2) is 34.9 Å². The second-order valence-electron chi connectivity index (χ2n) is 5.00. The molecule has 2 heterocycles. The molecule has 2 unspecified atom stereocenters. The van der Waals surface area contributed by atoms with Crippen LogP contribution >= 0.6 is 15.9 Å². The lowest BCUT2D eigenvalue weighted by Crippen LogP contribution is -2.21. The van der Waals surface area contributed by atoms with Crippen molar-refractivity contribution < 1.29 is 4.74 Å². The monoisotopic (exact) mass is 320 g/mol. The summed E-state index contributed by atoms with van der Waals surface area (Å²) in [7, 11) is 0. The number of fused-ring (bicyclic) bond motifs is 1. The molecule has 0 bridgehead atoms. The molecule has 1 N–H and O–H groups in total. The molecule has 1 aliphatic heterocycles. The van der Waals surface area contributed by atoms with Crippen LogP contribution in [0.1, 0.15) is 13.3 Å². The summed E-state index contributed by atoms with van der Waals surface area (Å²) < 4.78 is 6.70. The number of hydrogen-bond donors (Lipinski definition) is 1. The van der Waals surface area contributed by atoms with Gasteiger partial charge in [-0.25, -0.2) is 4.98 Å². The predicted octanol–water partition coefficient (Wildman–Crippen LogP) is 3.83. The van der Waals surface area contributed by atoms with Gasteiger partial charge in [-0.05, 0) is 25.5 Å². The molecule has 1 aliphatic rings. The summed E-state index contributed by atoms with van der Waals surface area (Å²) in [5, 5.41) is 5.82. The number of anilines is 1. The predicted molar refractivity (Wildman–Crippen MR) is 81.5 cm³/mol. The minimum atomic E-state index is 0.342. The van der Waals surface area contributed by atoms with Gasteiger partial charge >= 0.3 is 0 Å². The average Bonchev–Trinajstić information content (AvgIpc) is 2.82. The van der Waals surface area contributed by atoms with E-state index in [2.05, 4.69) is 45.3 Å². The molecule has 4 heteroatoms. The van der Waals surface area contributed by atoms with Gasteiger partial charge in [0.05, 0.1) is 6.10 Å².